The van der Waals surface area contributed by atoms with Gasteiger partial charge in [0.2, 0.25) is 0 Å². The highest BCUT2D eigenvalue weighted by Gasteiger charge is 2.20. The number of alkyl halides is 2. The molecule has 1 atom stereocenters. The number of hydrogen-bond acceptors (Lipinski definition) is 2. The van der Waals surface area contributed by atoms with Gasteiger partial charge in [0.15, 0.2) is 0 Å². The molecule has 6 heteroatoms. The SMILES string of the molecule is Fc1ccc(C2=COC(COC(F)F)CC2)c(F)c1. The maximum atomic E-state index is 13.5. The lowest BCUT2D eigenvalue weighted by Crippen LogP contribution is -2.22. The van der Waals surface area contributed by atoms with Crippen molar-refractivity contribution in [2.45, 2.75) is 25.6 Å². The Hall–Kier alpha value is -1.56. The van der Waals surface area contributed by atoms with Gasteiger partial charge in [-0.25, -0.2) is 8.78 Å². The van der Waals surface area contributed by atoms with Crippen LogP contribution < -0.4 is 0 Å². The largest absolute Gasteiger partial charge is 0.495 e. The molecule has 0 saturated carbocycles. The van der Waals surface area contributed by atoms with Gasteiger partial charge in [-0.05, 0) is 30.5 Å². The summed E-state index contributed by atoms with van der Waals surface area (Å²) in [5, 5.41) is 0. The van der Waals surface area contributed by atoms with Crippen molar-refractivity contribution in [1.82, 2.24) is 0 Å². The van der Waals surface area contributed by atoms with E-state index in [1.54, 1.807) is 0 Å². The number of allylic oxidation sites excluding steroid dienone is 1. The van der Waals surface area contributed by atoms with Gasteiger partial charge in [-0.1, -0.05) is 0 Å². The van der Waals surface area contributed by atoms with Gasteiger partial charge < -0.3 is 9.47 Å². The van der Waals surface area contributed by atoms with E-state index in [-0.39, 0.29) is 12.2 Å². The van der Waals surface area contributed by atoms with E-state index in [9.17, 15) is 17.6 Å². The second-order valence-electron chi connectivity index (χ2n) is 4.16. The van der Waals surface area contributed by atoms with Crippen molar-refractivity contribution in [2.24, 2.45) is 0 Å². The molecule has 19 heavy (non-hydrogen) atoms. The van der Waals surface area contributed by atoms with Crippen LogP contribution in [0.5, 0.6) is 0 Å². The average Bonchev–Trinajstić information content (AvgIpc) is 2.37. The first kappa shape index (κ1) is 13.9. The summed E-state index contributed by atoms with van der Waals surface area (Å²) in [6.45, 7) is -3.05. The summed E-state index contributed by atoms with van der Waals surface area (Å²) in [7, 11) is 0. The molecule has 0 bridgehead atoms. The molecule has 1 unspecified atom stereocenters. The first-order valence-electron chi connectivity index (χ1n) is 5.76. The number of ether oxygens (including phenoxy) is 2. The molecule has 0 radical (unpaired) electrons. The Bertz CT molecular complexity index is 474. The van der Waals surface area contributed by atoms with Gasteiger partial charge in [0.1, 0.15) is 17.7 Å². The van der Waals surface area contributed by atoms with Crippen LogP contribution in [0.3, 0.4) is 0 Å². The van der Waals surface area contributed by atoms with Crippen LogP contribution in [0.1, 0.15) is 18.4 Å². The van der Waals surface area contributed by atoms with E-state index in [1.165, 1.54) is 12.3 Å². The minimum Gasteiger partial charge on any atom is -0.495 e. The Morgan fingerprint density at radius 1 is 1.32 bits per heavy atom. The Morgan fingerprint density at radius 3 is 2.68 bits per heavy atom. The van der Waals surface area contributed by atoms with Crippen LogP contribution in [0.2, 0.25) is 0 Å². The van der Waals surface area contributed by atoms with Gasteiger partial charge >= 0.3 is 6.61 Å². The molecule has 1 aromatic carbocycles. The molecule has 0 amide bonds. The van der Waals surface area contributed by atoms with Crippen LogP contribution in [-0.4, -0.2) is 19.3 Å². The van der Waals surface area contributed by atoms with Crippen molar-refractivity contribution in [3.05, 3.63) is 41.7 Å². The van der Waals surface area contributed by atoms with Crippen LogP contribution >= 0.6 is 0 Å². The lowest BCUT2D eigenvalue weighted by molar-refractivity contribution is -0.149. The fourth-order valence-corrected chi connectivity index (χ4v) is 1.87. The van der Waals surface area contributed by atoms with Crippen molar-refractivity contribution in [2.75, 3.05) is 6.61 Å². The topological polar surface area (TPSA) is 18.5 Å². The van der Waals surface area contributed by atoms with E-state index in [4.69, 9.17) is 4.74 Å². The summed E-state index contributed by atoms with van der Waals surface area (Å²) in [6.07, 6.45) is 1.75. The lowest BCUT2D eigenvalue weighted by atomic mass is 9.98. The fourth-order valence-electron chi connectivity index (χ4n) is 1.87. The first-order chi connectivity index (χ1) is 9.06. The van der Waals surface area contributed by atoms with Crippen LogP contribution in [0, 0.1) is 11.6 Å². The van der Waals surface area contributed by atoms with Crippen molar-refractivity contribution >= 4 is 5.57 Å². The monoisotopic (exact) mass is 276 g/mol. The van der Waals surface area contributed by atoms with E-state index >= 15 is 0 Å². The van der Waals surface area contributed by atoms with Crippen molar-refractivity contribution < 1.29 is 27.0 Å². The second kappa shape index (κ2) is 6.06. The normalized spacial score (nSPS) is 19.2. The van der Waals surface area contributed by atoms with E-state index in [0.29, 0.717) is 18.4 Å². The number of halogens is 4. The smallest absolute Gasteiger partial charge is 0.345 e. The predicted octanol–water partition coefficient (Wildman–Crippen LogP) is 3.72. The Balaban J connectivity index is 2.00. The Labute approximate surface area is 107 Å². The minimum absolute atomic E-state index is 0.215. The minimum atomic E-state index is -2.83. The molecule has 0 aromatic heterocycles. The summed E-state index contributed by atoms with van der Waals surface area (Å²) in [5.41, 5.74) is 0.834. The van der Waals surface area contributed by atoms with Crippen LogP contribution in [0.25, 0.3) is 5.57 Å². The molecular formula is C13H12F4O2. The average molecular weight is 276 g/mol. The standard InChI is InChI=1S/C13H12F4O2/c14-9-2-4-11(12(15)5-9)8-1-3-10(18-6-8)7-19-13(16)17/h2,4-6,10,13H,1,3,7H2. The predicted molar refractivity (Wildman–Crippen MR) is 60.4 cm³/mol. The fraction of sp³-hybridized carbons (Fsp3) is 0.385. The molecule has 2 rings (SSSR count). The van der Waals surface area contributed by atoms with Gasteiger partial charge in [0.05, 0.1) is 12.9 Å². The number of rotatable bonds is 4. The van der Waals surface area contributed by atoms with E-state index in [1.807, 2.05) is 0 Å². The summed E-state index contributed by atoms with van der Waals surface area (Å²) >= 11 is 0. The van der Waals surface area contributed by atoms with E-state index in [2.05, 4.69) is 4.74 Å². The highest BCUT2D eigenvalue weighted by Crippen LogP contribution is 2.28. The molecular weight excluding hydrogens is 264 g/mol. The van der Waals surface area contributed by atoms with Crippen molar-refractivity contribution in [3.63, 3.8) is 0 Å². The maximum Gasteiger partial charge on any atom is 0.345 e. The van der Waals surface area contributed by atoms with Crippen molar-refractivity contribution in [1.29, 1.82) is 0 Å². The molecule has 1 aromatic rings. The van der Waals surface area contributed by atoms with E-state index < -0.39 is 24.3 Å². The third-order valence-electron chi connectivity index (χ3n) is 2.82. The highest BCUT2D eigenvalue weighted by molar-refractivity contribution is 5.65. The number of benzene rings is 1. The molecule has 1 aliphatic rings. The molecule has 0 spiro atoms. The Morgan fingerprint density at radius 2 is 2.11 bits per heavy atom. The molecule has 2 nitrogen and oxygen atoms in total. The van der Waals surface area contributed by atoms with Gasteiger partial charge in [-0.2, -0.15) is 8.78 Å². The molecule has 104 valence electrons. The number of hydrogen-bond donors (Lipinski definition) is 0. The zero-order valence-corrected chi connectivity index (χ0v) is 9.91. The highest BCUT2D eigenvalue weighted by atomic mass is 19.3. The maximum absolute atomic E-state index is 13.5. The van der Waals surface area contributed by atoms with Crippen LogP contribution in [0.4, 0.5) is 17.6 Å². The third kappa shape index (κ3) is 3.70. The van der Waals surface area contributed by atoms with Gasteiger partial charge in [0.25, 0.3) is 0 Å². The van der Waals surface area contributed by atoms with E-state index in [0.717, 1.165) is 12.1 Å². The summed E-state index contributed by atoms with van der Waals surface area (Å²) in [5.74, 6) is -1.32. The summed E-state index contributed by atoms with van der Waals surface area (Å²) < 4.78 is 59.3. The van der Waals surface area contributed by atoms with Crippen LogP contribution in [0.15, 0.2) is 24.5 Å². The molecule has 0 fully saturated rings. The molecule has 0 N–H and O–H groups in total. The van der Waals surface area contributed by atoms with Gasteiger partial charge in [-0.3, -0.25) is 0 Å². The first-order valence-corrected chi connectivity index (χ1v) is 5.76. The molecule has 1 heterocycles. The quantitative estimate of drug-likeness (QED) is 0.780. The lowest BCUT2D eigenvalue weighted by Gasteiger charge is -2.23. The van der Waals surface area contributed by atoms with Gasteiger partial charge in [0, 0.05) is 11.6 Å². The second-order valence-corrected chi connectivity index (χ2v) is 4.16. The van der Waals surface area contributed by atoms with Crippen LogP contribution in [-0.2, 0) is 9.47 Å². The Kier molecular flexibility index (Phi) is 4.42. The summed E-state index contributed by atoms with van der Waals surface area (Å²) in [4.78, 5) is 0. The molecule has 0 aliphatic carbocycles. The van der Waals surface area contributed by atoms with Gasteiger partial charge in [-0.15, -0.1) is 0 Å². The zero-order chi connectivity index (χ0) is 13.8. The third-order valence-corrected chi connectivity index (χ3v) is 2.82. The summed E-state index contributed by atoms with van der Waals surface area (Å²) in [6, 6.07) is 3.28. The molecule has 0 saturated heterocycles. The van der Waals surface area contributed by atoms with Crippen molar-refractivity contribution in [3.8, 4) is 0 Å². The zero-order valence-electron chi connectivity index (χ0n) is 9.91. The molecule has 1 aliphatic heterocycles.